The molecule has 1 aromatic carbocycles. The molecule has 0 heterocycles. The quantitative estimate of drug-likeness (QED) is 0.676. The SMILES string of the molecule is CS(=O)(=O)NCCCNS(=O)(=O)c1cccc(F)c1C#N. The van der Waals surface area contributed by atoms with E-state index >= 15 is 0 Å². The van der Waals surface area contributed by atoms with Crippen LogP contribution in [0.5, 0.6) is 0 Å². The van der Waals surface area contributed by atoms with Gasteiger partial charge in [-0.15, -0.1) is 0 Å². The van der Waals surface area contributed by atoms with Crippen molar-refractivity contribution in [1.82, 2.24) is 9.44 Å². The second kappa shape index (κ2) is 6.95. The predicted molar refractivity (Wildman–Crippen MR) is 73.8 cm³/mol. The van der Waals surface area contributed by atoms with Crippen molar-refractivity contribution in [2.24, 2.45) is 0 Å². The molecule has 2 N–H and O–H groups in total. The van der Waals surface area contributed by atoms with Crippen LogP contribution in [0.25, 0.3) is 0 Å². The number of nitriles is 1. The summed E-state index contributed by atoms with van der Waals surface area (Å²) in [5.74, 6) is -0.917. The van der Waals surface area contributed by atoms with E-state index in [1.165, 1.54) is 12.1 Å². The molecule has 1 rings (SSSR count). The molecule has 0 atom stereocenters. The van der Waals surface area contributed by atoms with Crippen LogP contribution >= 0.6 is 0 Å². The van der Waals surface area contributed by atoms with Crippen LogP contribution in [0.1, 0.15) is 12.0 Å². The molecule has 0 aromatic heterocycles. The average Bonchev–Trinajstić information content (AvgIpc) is 2.36. The number of hydrogen-bond donors (Lipinski definition) is 2. The highest BCUT2D eigenvalue weighted by Gasteiger charge is 2.20. The van der Waals surface area contributed by atoms with Crippen molar-refractivity contribution in [2.45, 2.75) is 11.3 Å². The summed E-state index contributed by atoms with van der Waals surface area (Å²) in [6.45, 7) is 0.0157. The highest BCUT2D eigenvalue weighted by atomic mass is 32.2. The fourth-order valence-corrected chi connectivity index (χ4v) is 3.22. The van der Waals surface area contributed by atoms with Gasteiger partial charge in [0.2, 0.25) is 20.0 Å². The Morgan fingerprint density at radius 1 is 1.19 bits per heavy atom. The number of rotatable bonds is 7. The summed E-state index contributed by atoms with van der Waals surface area (Å²) in [4.78, 5) is -0.443. The lowest BCUT2D eigenvalue weighted by Crippen LogP contribution is -2.29. The van der Waals surface area contributed by atoms with Crippen molar-refractivity contribution in [3.63, 3.8) is 0 Å². The first-order valence-electron chi connectivity index (χ1n) is 5.80. The van der Waals surface area contributed by atoms with Gasteiger partial charge in [0.15, 0.2) is 0 Å². The minimum Gasteiger partial charge on any atom is -0.215 e. The Labute approximate surface area is 122 Å². The first kappa shape index (κ1) is 17.5. The highest BCUT2D eigenvalue weighted by Crippen LogP contribution is 2.17. The molecule has 0 unspecified atom stereocenters. The Bertz CT molecular complexity index is 754. The van der Waals surface area contributed by atoms with E-state index in [1.807, 2.05) is 0 Å². The lowest BCUT2D eigenvalue weighted by Gasteiger charge is -2.08. The molecule has 0 fully saturated rings. The van der Waals surface area contributed by atoms with E-state index < -0.39 is 36.3 Å². The summed E-state index contributed by atoms with van der Waals surface area (Å²) in [5, 5.41) is 8.80. The van der Waals surface area contributed by atoms with Crippen LogP contribution in [0.3, 0.4) is 0 Å². The number of sulfonamides is 2. The fourth-order valence-electron chi connectivity index (χ4n) is 1.47. The molecule has 0 aliphatic rings. The molecule has 10 heteroatoms. The Morgan fingerprint density at radius 2 is 1.81 bits per heavy atom. The molecule has 1 aromatic rings. The standard InChI is InChI=1S/C11H14FN3O4S2/c1-20(16,17)14-6-3-7-15-21(18,19)11-5-2-4-10(12)9(11)8-13/h2,4-5,14-15H,3,6-7H2,1H3. The Morgan fingerprint density at radius 3 is 2.38 bits per heavy atom. The van der Waals surface area contributed by atoms with E-state index in [0.29, 0.717) is 0 Å². The molecule has 0 saturated carbocycles. The largest absolute Gasteiger partial charge is 0.241 e. The van der Waals surface area contributed by atoms with E-state index in [9.17, 15) is 21.2 Å². The van der Waals surface area contributed by atoms with Crippen molar-refractivity contribution in [3.05, 3.63) is 29.6 Å². The Kier molecular flexibility index (Phi) is 5.79. The molecular weight excluding hydrogens is 321 g/mol. The number of nitrogens with zero attached hydrogens (tertiary/aromatic N) is 1. The average molecular weight is 335 g/mol. The van der Waals surface area contributed by atoms with Crippen LogP contribution in [-0.2, 0) is 20.0 Å². The molecule has 0 bridgehead atoms. The molecule has 0 amide bonds. The third kappa shape index (κ3) is 5.39. The van der Waals surface area contributed by atoms with Crippen LogP contribution in [0.4, 0.5) is 4.39 Å². The van der Waals surface area contributed by atoms with E-state index in [1.54, 1.807) is 0 Å². The minimum atomic E-state index is -4.03. The fraction of sp³-hybridized carbons (Fsp3) is 0.364. The van der Waals surface area contributed by atoms with E-state index in [0.717, 1.165) is 18.4 Å². The molecule has 0 radical (unpaired) electrons. The van der Waals surface area contributed by atoms with Crippen molar-refractivity contribution < 1.29 is 21.2 Å². The maximum atomic E-state index is 13.4. The minimum absolute atomic E-state index is 0.0494. The van der Waals surface area contributed by atoms with Gasteiger partial charge in [0, 0.05) is 13.1 Å². The predicted octanol–water partition coefficient (Wildman–Crippen LogP) is -0.0850. The van der Waals surface area contributed by atoms with Crippen molar-refractivity contribution in [1.29, 1.82) is 5.26 Å². The molecule has 116 valence electrons. The Balaban J connectivity index is 2.72. The third-order valence-corrected chi connectivity index (χ3v) is 4.62. The van der Waals surface area contributed by atoms with Crippen LogP contribution in [0.15, 0.2) is 23.1 Å². The second-order valence-corrected chi connectivity index (χ2v) is 7.71. The molecule has 7 nitrogen and oxygen atoms in total. The number of nitrogens with one attached hydrogen (secondary N) is 2. The van der Waals surface area contributed by atoms with Crippen molar-refractivity contribution >= 4 is 20.0 Å². The first-order valence-corrected chi connectivity index (χ1v) is 9.18. The zero-order valence-electron chi connectivity index (χ0n) is 11.1. The van der Waals surface area contributed by atoms with Gasteiger partial charge in [0.05, 0.1) is 6.26 Å². The second-order valence-electron chi connectivity index (χ2n) is 4.14. The van der Waals surface area contributed by atoms with Gasteiger partial charge in [-0.05, 0) is 18.6 Å². The maximum Gasteiger partial charge on any atom is 0.241 e. The van der Waals surface area contributed by atoms with Gasteiger partial charge in [-0.2, -0.15) is 5.26 Å². The number of halogens is 1. The lowest BCUT2D eigenvalue weighted by atomic mass is 10.2. The van der Waals surface area contributed by atoms with Gasteiger partial charge >= 0.3 is 0 Å². The summed E-state index contributed by atoms with van der Waals surface area (Å²) in [5.41, 5.74) is -0.556. The van der Waals surface area contributed by atoms with Crippen LogP contribution in [0.2, 0.25) is 0 Å². The summed E-state index contributed by atoms with van der Waals surface area (Å²) in [6.07, 6.45) is 1.20. The zero-order valence-corrected chi connectivity index (χ0v) is 12.8. The topological polar surface area (TPSA) is 116 Å². The van der Waals surface area contributed by atoms with Gasteiger partial charge in [-0.3, -0.25) is 0 Å². The monoisotopic (exact) mass is 335 g/mol. The molecule has 0 aliphatic carbocycles. The molecule has 0 aliphatic heterocycles. The molecule has 0 spiro atoms. The summed E-state index contributed by atoms with van der Waals surface area (Å²) >= 11 is 0. The zero-order chi connectivity index (χ0) is 16.1. The highest BCUT2D eigenvalue weighted by molar-refractivity contribution is 7.89. The van der Waals surface area contributed by atoms with Crippen LogP contribution in [0, 0.1) is 17.1 Å². The van der Waals surface area contributed by atoms with E-state index in [4.69, 9.17) is 5.26 Å². The third-order valence-electron chi connectivity index (χ3n) is 2.39. The van der Waals surface area contributed by atoms with Gasteiger partial charge in [0.1, 0.15) is 22.3 Å². The van der Waals surface area contributed by atoms with Crippen LogP contribution < -0.4 is 9.44 Å². The van der Waals surface area contributed by atoms with Crippen molar-refractivity contribution in [3.8, 4) is 6.07 Å². The van der Waals surface area contributed by atoms with Crippen LogP contribution in [-0.4, -0.2) is 36.2 Å². The van der Waals surface area contributed by atoms with E-state index in [2.05, 4.69) is 9.44 Å². The lowest BCUT2D eigenvalue weighted by molar-refractivity contribution is 0.571. The summed E-state index contributed by atoms with van der Waals surface area (Å²) in [6, 6.07) is 4.81. The number of hydrogen-bond acceptors (Lipinski definition) is 5. The van der Waals surface area contributed by atoms with Gasteiger partial charge < -0.3 is 0 Å². The van der Waals surface area contributed by atoms with Gasteiger partial charge in [-0.25, -0.2) is 30.7 Å². The van der Waals surface area contributed by atoms with Gasteiger partial charge in [0.25, 0.3) is 0 Å². The first-order chi connectivity index (χ1) is 9.67. The van der Waals surface area contributed by atoms with E-state index in [-0.39, 0.29) is 19.5 Å². The molecule has 21 heavy (non-hydrogen) atoms. The summed E-state index contributed by atoms with van der Waals surface area (Å²) in [7, 11) is -7.36. The smallest absolute Gasteiger partial charge is 0.215 e. The summed E-state index contributed by atoms with van der Waals surface area (Å²) < 4.78 is 63.3. The Hall–Kier alpha value is -1.54. The number of benzene rings is 1. The van der Waals surface area contributed by atoms with Crippen molar-refractivity contribution in [2.75, 3.05) is 19.3 Å². The van der Waals surface area contributed by atoms with Gasteiger partial charge in [-0.1, -0.05) is 6.07 Å². The molecule has 0 saturated heterocycles. The molecular formula is C11H14FN3O4S2. The maximum absolute atomic E-state index is 13.4. The normalized spacial score (nSPS) is 12.0.